The van der Waals surface area contributed by atoms with Crippen molar-refractivity contribution in [2.75, 3.05) is 25.0 Å². The first-order valence-corrected chi connectivity index (χ1v) is 13.1. The van der Waals surface area contributed by atoms with Crippen molar-refractivity contribution >= 4 is 17.5 Å². The Morgan fingerprint density at radius 2 is 2.03 bits per heavy atom. The first-order valence-electron chi connectivity index (χ1n) is 13.1. The summed E-state index contributed by atoms with van der Waals surface area (Å²) in [5.74, 6) is -0.511. The zero-order chi connectivity index (χ0) is 27.6. The van der Waals surface area contributed by atoms with Crippen molar-refractivity contribution < 1.29 is 9.59 Å². The second-order valence-electron chi connectivity index (χ2n) is 11.1. The van der Waals surface area contributed by atoms with E-state index >= 15 is 0 Å². The fourth-order valence-electron chi connectivity index (χ4n) is 5.15. The predicted molar refractivity (Wildman–Crippen MR) is 151 cm³/mol. The van der Waals surface area contributed by atoms with E-state index in [4.69, 9.17) is 10.8 Å². The molecule has 2 amide bonds. The third-order valence-corrected chi connectivity index (χ3v) is 7.33. The maximum atomic E-state index is 12.2. The van der Waals surface area contributed by atoms with Crippen LogP contribution in [0.5, 0.6) is 0 Å². The summed E-state index contributed by atoms with van der Waals surface area (Å²) in [6.07, 6.45) is 8.83. The molecule has 3 heterocycles. The molecule has 1 aliphatic heterocycles. The van der Waals surface area contributed by atoms with Crippen LogP contribution in [-0.2, 0) is 16.8 Å². The van der Waals surface area contributed by atoms with E-state index in [1.165, 1.54) is 6.08 Å². The molecule has 200 valence electrons. The normalized spacial score (nSPS) is 15.8. The van der Waals surface area contributed by atoms with Gasteiger partial charge in [-0.3, -0.25) is 19.3 Å². The molecule has 1 saturated heterocycles. The SMILES string of the molecule is C=CC(=O)N(C)C1CCCN(c2cnccc2-c2ccc(Cn3cc(C(N)=O)c(C(C)(C)C)n3)c(C)c2)C1. The summed E-state index contributed by atoms with van der Waals surface area (Å²) in [4.78, 5) is 32.7. The van der Waals surface area contributed by atoms with E-state index < -0.39 is 5.91 Å². The van der Waals surface area contributed by atoms with Crippen molar-refractivity contribution in [2.24, 2.45) is 5.73 Å². The van der Waals surface area contributed by atoms with E-state index in [1.54, 1.807) is 15.8 Å². The zero-order valence-electron chi connectivity index (χ0n) is 23.1. The number of anilines is 1. The Kier molecular flexibility index (Phi) is 7.71. The van der Waals surface area contributed by atoms with Gasteiger partial charge in [0.15, 0.2) is 0 Å². The molecule has 1 atom stereocenters. The van der Waals surface area contributed by atoms with E-state index in [2.05, 4.69) is 41.6 Å². The number of primary amides is 1. The third kappa shape index (κ3) is 5.64. The number of pyridine rings is 1. The molecule has 0 saturated carbocycles. The molecule has 8 nitrogen and oxygen atoms in total. The highest BCUT2D eigenvalue weighted by Crippen LogP contribution is 2.33. The number of carbonyl (C=O) groups excluding carboxylic acids is 2. The largest absolute Gasteiger partial charge is 0.368 e. The second kappa shape index (κ2) is 10.8. The Hall–Kier alpha value is -3.94. The van der Waals surface area contributed by atoms with Crippen LogP contribution < -0.4 is 10.6 Å². The Balaban J connectivity index is 1.60. The topological polar surface area (TPSA) is 97.4 Å². The number of nitrogens with zero attached hydrogens (tertiary/aromatic N) is 5. The maximum Gasteiger partial charge on any atom is 0.252 e. The summed E-state index contributed by atoms with van der Waals surface area (Å²) < 4.78 is 1.80. The van der Waals surface area contributed by atoms with Crippen LogP contribution in [0.25, 0.3) is 11.1 Å². The zero-order valence-corrected chi connectivity index (χ0v) is 23.1. The van der Waals surface area contributed by atoms with Crippen LogP contribution in [0, 0.1) is 6.92 Å². The minimum absolute atomic E-state index is 0.0516. The summed E-state index contributed by atoms with van der Waals surface area (Å²) >= 11 is 0. The van der Waals surface area contributed by atoms with Crippen LogP contribution in [-0.4, -0.2) is 57.7 Å². The molecule has 8 heteroatoms. The van der Waals surface area contributed by atoms with Crippen LogP contribution in [0.15, 0.2) is 55.5 Å². The quantitative estimate of drug-likeness (QED) is 0.474. The molecule has 0 bridgehead atoms. The smallest absolute Gasteiger partial charge is 0.252 e. The first-order chi connectivity index (χ1) is 18.0. The van der Waals surface area contributed by atoms with Crippen molar-refractivity contribution in [2.45, 2.75) is 58.5 Å². The molecule has 38 heavy (non-hydrogen) atoms. The van der Waals surface area contributed by atoms with Crippen LogP contribution in [0.4, 0.5) is 5.69 Å². The van der Waals surface area contributed by atoms with Gasteiger partial charge >= 0.3 is 0 Å². The predicted octanol–water partition coefficient (Wildman–Crippen LogP) is 4.31. The lowest BCUT2D eigenvalue weighted by atomic mass is 9.89. The molecule has 0 radical (unpaired) electrons. The Bertz CT molecular complexity index is 1350. The molecule has 4 rings (SSSR count). The number of nitrogens with two attached hydrogens (primary N) is 1. The standard InChI is InChI=1S/C30H38N6O2/c1-7-27(37)34(6)23-9-8-14-35(18-23)26-16-32-13-12-24(26)21-10-11-22(20(2)15-21)17-36-19-25(29(31)38)28(33-36)30(3,4)5/h7,10-13,15-16,19,23H,1,8-9,14,17-18H2,2-6H3,(H2,31,38). The Labute approximate surface area is 225 Å². The molecule has 1 fully saturated rings. The molecule has 1 unspecified atom stereocenters. The second-order valence-corrected chi connectivity index (χ2v) is 11.1. The summed E-state index contributed by atoms with van der Waals surface area (Å²) in [5, 5.41) is 4.70. The molecule has 3 aromatic rings. The number of benzene rings is 1. The van der Waals surface area contributed by atoms with Gasteiger partial charge < -0.3 is 15.5 Å². The fraction of sp³-hybridized carbons (Fsp3) is 0.400. The van der Waals surface area contributed by atoms with E-state index in [-0.39, 0.29) is 17.4 Å². The van der Waals surface area contributed by atoms with Crippen molar-refractivity contribution in [3.05, 3.63) is 77.9 Å². The molecule has 0 aliphatic carbocycles. The number of hydrogen-bond acceptors (Lipinski definition) is 5. The Morgan fingerprint density at radius 3 is 2.66 bits per heavy atom. The van der Waals surface area contributed by atoms with Gasteiger partial charge in [0.05, 0.1) is 29.7 Å². The van der Waals surface area contributed by atoms with Gasteiger partial charge in [0.25, 0.3) is 5.91 Å². The highest BCUT2D eigenvalue weighted by molar-refractivity contribution is 5.94. The van der Waals surface area contributed by atoms with E-state index in [1.807, 2.05) is 46.3 Å². The fourth-order valence-corrected chi connectivity index (χ4v) is 5.15. The van der Waals surface area contributed by atoms with Gasteiger partial charge in [-0.25, -0.2) is 0 Å². The summed E-state index contributed by atoms with van der Waals surface area (Å²) in [7, 11) is 1.85. The summed E-state index contributed by atoms with van der Waals surface area (Å²) in [6, 6.07) is 8.61. The first kappa shape index (κ1) is 27.1. The van der Waals surface area contributed by atoms with Crippen LogP contribution in [0.2, 0.25) is 0 Å². The van der Waals surface area contributed by atoms with Gasteiger partial charge in [0.2, 0.25) is 5.91 Å². The number of carbonyl (C=O) groups is 2. The van der Waals surface area contributed by atoms with Gasteiger partial charge in [-0.05, 0) is 48.6 Å². The van der Waals surface area contributed by atoms with E-state index in [0.29, 0.717) is 17.8 Å². The highest BCUT2D eigenvalue weighted by atomic mass is 16.2. The number of aryl methyl sites for hydroxylation is 1. The minimum Gasteiger partial charge on any atom is -0.368 e. The average Bonchev–Trinajstić information content (AvgIpc) is 3.34. The molecular formula is C30H38N6O2. The van der Waals surface area contributed by atoms with Crippen LogP contribution in [0.3, 0.4) is 0 Å². The monoisotopic (exact) mass is 514 g/mol. The Morgan fingerprint density at radius 1 is 1.26 bits per heavy atom. The molecule has 1 aromatic carbocycles. The lowest BCUT2D eigenvalue weighted by Crippen LogP contribution is -2.48. The molecule has 2 N–H and O–H groups in total. The van der Waals surface area contributed by atoms with Gasteiger partial charge in [-0.1, -0.05) is 45.5 Å². The van der Waals surface area contributed by atoms with Crippen molar-refractivity contribution in [1.29, 1.82) is 0 Å². The third-order valence-electron chi connectivity index (χ3n) is 7.33. The van der Waals surface area contributed by atoms with Crippen molar-refractivity contribution in [3.8, 4) is 11.1 Å². The van der Waals surface area contributed by atoms with Crippen LogP contribution in [0.1, 0.15) is 60.8 Å². The number of aromatic nitrogens is 3. The molecule has 2 aromatic heterocycles. The highest BCUT2D eigenvalue weighted by Gasteiger charge is 2.27. The summed E-state index contributed by atoms with van der Waals surface area (Å²) in [5.41, 5.74) is 12.1. The molecular weight excluding hydrogens is 476 g/mol. The summed E-state index contributed by atoms with van der Waals surface area (Å²) in [6.45, 7) is 14.0. The number of hydrogen-bond donors (Lipinski definition) is 1. The lowest BCUT2D eigenvalue weighted by molar-refractivity contribution is -0.126. The molecule has 1 aliphatic rings. The number of amides is 2. The lowest BCUT2D eigenvalue weighted by Gasteiger charge is -2.39. The van der Waals surface area contributed by atoms with Gasteiger partial charge in [0, 0.05) is 49.6 Å². The van der Waals surface area contributed by atoms with E-state index in [0.717, 1.165) is 53.9 Å². The van der Waals surface area contributed by atoms with Crippen LogP contribution >= 0.6 is 0 Å². The van der Waals surface area contributed by atoms with Gasteiger partial charge in [0.1, 0.15) is 0 Å². The molecule has 0 spiro atoms. The van der Waals surface area contributed by atoms with Crippen molar-refractivity contribution in [3.63, 3.8) is 0 Å². The number of rotatable bonds is 7. The van der Waals surface area contributed by atoms with Crippen molar-refractivity contribution in [1.82, 2.24) is 19.7 Å². The van der Waals surface area contributed by atoms with E-state index in [9.17, 15) is 9.59 Å². The van der Waals surface area contributed by atoms with Gasteiger partial charge in [-0.2, -0.15) is 5.10 Å². The average molecular weight is 515 g/mol. The number of likely N-dealkylation sites (N-methyl/N-ethyl adjacent to an activating group) is 1. The number of piperidine rings is 1. The van der Waals surface area contributed by atoms with Gasteiger partial charge in [-0.15, -0.1) is 0 Å². The maximum absolute atomic E-state index is 12.2. The minimum atomic E-state index is -0.460.